The maximum absolute atomic E-state index is 12.1. The Labute approximate surface area is 193 Å². The molecule has 1 N–H and O–H groups in total. The van der Waals surface area contributed by atoms with Crippen molar-refractivity contribution in [2.45, 2.75) is 60.3 Å². The van der Waals surface area contributed by atoms with Gasteiger partial charge in [-0.15, -0.1) is 0 Å². The van der Waals surface area contributed by atoms with Gasteiger partial charge in [0.1, 0.15) is 5.75 Å². The minimum absolute atomic E-state index is 0.0758. The standard InChI is InChI=1S/C27H39N3O2/c1-8-30(9-2)23-14-10-21(11-15-23)18-28-29-25(31)19-32-24-16-12-22(13-17-24)27(6,7)20-26(3,4)5/h10-18H,8-9,19-20H2,1-7H3,(H,29,31)/b28-18+. The molecule has 0 bridgehead atoms. The van der Waals surface area contributed by atoms with E-state index in [9.17, 15) is 4.79 Å². The van der Waals surface area contributed by atoms with Crippen molar-refractivity contribution in [1.82, 2.24) is 5.43 Å². The molecule has 0 aliphatic rings. The van der Waals surface area contributed by atoms with Crippen LogP contribution < -0.4 is 15.1 Å². The first-order chi connectivity index (χ1) is 15.0. The zero-order valence-corrected chi connectivity index (χ0v) is 20.7. The van der Waals surface area contributed by atoms with Crippen LogP contribution in [-0.4, -0.2) is 31.8 Å². The Hall–Kier alpha value is -2.82. The summed E-state index contributed by atoms with van der Waals surface area (Å²) in [5.74, 6) is 0.379. The van der Waals surface area contributed by atoms with Crippen molar-refractivity contribution in [2.24, 2.45) is 10.5 Å². The number of ether oxygens (including phenoxy) is 1. The number of nitrogens with one attached hydrogen (secondary N) is 1. The largest absolute Gasteiger partial charge is 0.484 e. The lowest BCUT2D eigenvalue weighted by Crippen LogP contribution is -2.25. The first-order valence-electron chi connectivity index (χ1n) is 11.4. The maximum atomic E-state index is 12.1. The number of rotatable bonds is 10. The molecule has 0 atom stereocenters. The van der Waals surface area contributed by atoms with Crippen molar-refractivity contribution in [3.05, 3.63) is 59.7 Å². The zero-order valence-electron chi connectivity index (χ0n) is 20.7. The molecule has 0 spiro atoms. The molecule has 0 fully saturated rings. The summed E-state index contributed by atoms with van der Waals surface area (Å²) in [6, 6.07) is 16.1. The van der Waals surface area contributed by atoms with Crippen LogP contribution in [0, 0.1) is 5.41 Å². The second kappa shape index (κ2) is 11.2. The van der Waals surface area contributed by atoms with Crippen molar-refractivity contribution >= 4 is 17.8 Å². The minimum atomic E-state index is -0.293. The fourth-order valence-electron chi connectivity index (χ4n) is 4.15. The summed E-state index contributed by atoms with van der Waals surface area (Å²) in [6.07, 6.45) is 2.72. The molecule has 0 heterocycles. The molecule has 0 saturated carbocycles. The van der Waals surface area contributed by atoms with Crippen LogP contribution in [0.2, 0.25) is 0 Å². The van der Waals surface area contributed by atoms with Crippen molar-refractivity contribution in [1.29, 1.82) is 0 Å². The maximum Gasteiger partial charge on any atom is 0.277 e. The highest BCUT2D eigenvalue weighted by Gasteiger charge is 2.27. The third-order valence-corrected chi connectivity index (χ3v) is 5.40. The van der Waals surface area contributed by atoms with Crippen LogP contribution in [0.1, 0.15) is 66.0 Å². The Kier molecular flexibility index (Phi) is 8.88. The van der Waals surface area contributed by atoms with Gasteiger partial charge in [0.05, 0.1) is 6.21 Å². The quantitative estimate of drug-likeness (QED) is 0.379. The third kappa shape index (κ3) is 8.03. The number of anilines is 1. The normalized spacial score (nSPS) is 12.1. The number of hydrazone groups is 1. The van der Waals surface area contributed by atoms with Crippen LogP contribution in [-0.2, 0) is 10.2 Å². The summed E-state index contributed by atoms with van der Waals surface area (Å²) in [7, 11) is 0. The van der Waals surface area contributed by atoms with E-state index in [4.69, 9.17) is 4.74 Å². The van der Waals surface area contributed by atoms with E-state index in [0.717, 1.165) is 25.1 Å². The van der Waals surface area contributed by atoms with Crippen LogP contribution in [0.5, 0.6) is 5.75 Å². The van der Waals surface area contributed by atoms with E-state index in [2.05, 4.69) is 88.2 Å². The van der Waals surface area contributed by atoms with Crippen molar-refractivity contribution in [2.75, 3.05) is 24.6 Å². The van der Waals surface area contributed by atoms with E-state index in [1.54, 1.807) is 6.21 Å². The molecule has 5 nitrogen and oxygen atoms in total. The Morgan fingerprint density at radius 3 is 2.09 bits per heavy atom. The fourth-order valence-corrected chi connectivity index (χ4v) is 4.15. The molecule has 0 unspecified atom stereocenters. The Balaban J connectivity index is 1.83. The van der Waals surface area contributed by atoms with E-state index < -0.39 is 0 Å². The molecule has 0 aromatic heterocycles. The van der Waals surface area contributed by atoms with Crippen molar-refractivity contribution in [3.8, 4) is 5.75 Å². The van der Waals surface area contributed by atoms with E-state index in [1.807, 2.05) is 24.3 Å². The molecule has 0 saturated heterocycles. The third-order valence-electron chi connectivity index (χ3n) is 5.40. The number of amides is 1. The predicted octanol–water partition coefficient (Wildman–Crippen LogP) is 5.78. The van der Waals surface area contributed by atoms with Gasteiger partial charge in [-0.3, -0.25) is 4.79 Å². The Morgan fingerprint density at radius 1 is 0.969 bits per heavy atom. The smallest absolute Gasteiger partial charge is 0.277 e. The molecular weight excluding hydrogens is 398 g/mol. The second-order valence-electron chi connectivity index (χ2n) is 9.99. The van der Waals surface area contributed by atoms with E-state index in [-0.39, 0.29) is 23.3 Å². The summed E-state index contributed by atoms with van der Waals surface area (Å²) < 4.78 is 5.61. The highest BCUT2D eigenvalue weighted by Crippen LogP contribution is 2.36. The van der Waals surface area contributed by atoms with E-state index in [0.29, 0.717) is 5.75 Å². The number of nitrogens with zero attached hydrogens (tertiary/aromatic N) is 2. The highest BCUT2D eigenvalue weighted by atomic mass is 16.5. The van der Waals surface area contributed by atoms with Gasteiger partial charge in [0.2, 0.25) is 0 Å². The SMILES string of the molecule is CCN(CC)c1ccc(/C=N/NC(=O)COc2ccc(C(C)(C)CC(C)(C)C)cc2)cc1. The van der Waals surface area contributed by atoms with Crippen LogP contribution in [0.3, 0.4) is 0 Å². The van der Waals surface area contributed by atoms with Crippen molar-refractivity contribution < 1.29 is 9.53 Å². The van der Waals surface area contributed by atoms with Gasteiger partial charge in [0, 0.05) is 18.8 Å². The monoisotopic (exact) mass is 437 g/mol. The van der Waals surface area contributed by atoms with Gasteiger partial charge in [-0.1, -0.05) is 58.9 Å². The van der Waals surface area contributed by atoms with Crippen molar-refractivity contribution in [3.63, 3.8) is 0 Å². The molecular formula is C27H39N3O2. The highest BCUT2D eigenvalue weighted by molar-refractivity contribution is 5.83. The summed E-state index contributed by atoms with van der Waals surface area (Å²) >= 11 is 0. The van der Waals surface area contributed by atoms with Gasteiger partial charge in [-0.25, -0.2) is 5.43 Å². The zero-order chi connectivity index (χ0) is 23.8. The Bertz CT molecular complexity index is 875. The van der Waals surface area contributed by atoms with Crippen LogP contribution >= 0.6 is 0 Å². The van der Waals surface area contributed by atoms with Crippen LogP contribution in [0.15, 0.2) is 53.6 Å². The molecule has 2 aromatic carbocycles. The van der Waals surface area contributed by atoms with Crippen LogP contribution in [0.4, 0.5) is 5.69 Å². The summed E-state index contributed by atoms with van der Waals surface area (Å²) in [4.78, 5) is 14.3. The number of hydrogen-bond donors (Lipinski definition) is 1. The molecule has 32 heavy (non-hydrogen) atoms. The average Bonchev–Trinajstić information content (AvgIpc) is 2.73. The average molecular weight is 438 g/mol. The lowest BCUT2D eigenvalue weighted by molar-refractivity contribution is -0.123. The molecule has 174 valence electrons. The van der Waals surface area contributed by atoms with Gasteiger partial charge in [-0.2, -0.15) is 5.10 Å². The first kappa shape index (κ1) is 25.4. The predicted molar refractivity (Wildman–Crippen MR) is 135 cm³/mol. The van der Waals surface area contributed by atoms with E-state index >= 15 is 0 Å². The molecule has 0 aliphatic carbocycles. The lowest BCUT2D eigenvalue weighted by Gasteiger charge is -2.33. The number of benzene rings is 2. The second-order valence-corrected chi connectivity index (χ2v) is 9.99. The molecule has 2 aromatic rings. The van der Waals surface area contributed by atoms with Gasteiger partial charge < -0.3 is 9.64 Å². The lowest BCUT2D eigenvalue weighted by atomic mass is 9.72. The Morgan fingerprint density at radius 2 is 1.56 bits per heavy atom. The topological polar surface area (TPSA) is 53.9 Å². The number of hydrogen-bond acceptors (Lipinski definition) is 4. The number of carbonyl (C=O) groups excluding carboxylic acids is 1. The van der Waals surface area contributed by atoms with Crippen LogP contribution in [0.25, 0.3) is 0 Å². The molecule has 0 aliphatic heterocycles. The fraction of sp³-hybridized carbons (Fsp3) is 0.481. The summed E-state index contributed by atoms with van der Waals surface area (Å²) in [5.41, 5.74) is 6.22. The minimum Gasteiger partial charge on any atom is -0.484 e. The molecule has 5 heteroatoms. The van der Waals surface area contributed by atoms with Gasteiger partial charge >= 0.3 is 0 Å². The summed E-state index contributed by atoms with van der Waals surface area (Å²) in [5, 5.41) is 4.03. The van der Waals surface area contributed by atoms with Gasteiger partial charge in [-0.05, 0) is 66.5 Å². The van der Waals surface area contributed by atoms with E-state index in [1.165, 1.54) is 11.3 Å². The molecule has 1 amide bonds. The van der Waals surface area contributed by atoms with Gasteiger partial charge in [0.25, 0.3) is 5.91 Å². The van der Waals surface area contributed by atoms with Gasteiger partial charge in [0.15, 0.2) is 6.61 Å². The molecule has 0 radical (unpaired) electrons. The number of carbonyl (C=O) groups is 1. The summed E-state index contributed by atoms with van der Waals surface area (Å²) in [6.45, 7) is 17.4. The molecule has 2 rings (SSSR count). The first-order valence-corrected chi connectivity index (χ1v) is 11.4.